The van der Waals surface area contributed by atoms with Gasteiger partial charge in [0.2, 0.25) is 0 Å². The Morgan fingerprint density at radius 2 is 2.27 bits per heavy atom. The number of H-pyrrole nitrogens is 1. The second kappa shape index (κ2) is 8.06. The van der Waals surface area contributed by atoms with Gasteiger partial charge in [0.15, 0.2) is 5.69 Å². The number of likely N-dealkylation sites (tertiary alicyclic amines) is 1. The molecule has 0 saturated carbocycles. The molecule has 0 bridgehead atoms. The zero-order valence-corrected chi connectivity index (χ0v) is 16.9. The topological polar surface area (TPSA) is 73.9 Å². The number of hydrogen-bond donors (Lipinski definition) is 2. The molecule has 0 aromatic carbocycles. The number of carbonyl (C=O) groups is 1. The molecular weight excluding hydrogens is 370 g/mol. The van der Waals surface area contributed by atoms with Crippen LogP contribution in [0.2, 0.25) is 0 Å². The Labute approximate surface area is 164 Å². The van der Waals surface area contributed by atoms with Gasteiger partial charge in [-0.15, -0.1) is 23.7 Å². The highest BCUT2D eigenvalue weighted by molar-refractivity contribution is 7.09. The summed E-state index contributed by atoms with van der Waals surface area (Å²) in [5.41, 5.74) is 3.92. The molecule has 1 fully saturated rings. The van der Waals surface area contributed by atoms with Crippen molar-refractivity contribution in [1.29, 1.82) is 0 Å². The number of amides is 1. The maximum Gasteiger partial charge on any atom is 0.274 e. The van der Waals surface area contributed by atoms with Crippen LogP contribution in [0.3, 0.4) is 0 Å². The van der Waals surface area contributed by atoms with Crippen LogP contribution in [-0.4, -0.2) is 45.6 Å². The van der Waals surface area contributed by atoms with Gasteiger partial charge in [0.1, 0.15) is 0 Å². The molecule has 1 atom stereocenters. The van der Waals surface area contributed by atoms with E-state index in [1.54, 1.807) is 11.3 Å². The molecule has 1 amide bonds. The molecule has 2 aliphatic heterocycles. The van der Waals surface area contributed by atoms with Crippen LogP contribution in [0.1, 0.15) is 71.0 Å². The summed E-state index contributed by atoms with van der Waals surface area (Å²) >= 11 is 1.74. The van der Waals surface area contributed by atoms with Crippen molar-refractivity contribution in [2.75, 3.05) is 19.6 Å². The van der Waals surface area contributed by atoms with E-state index in [9.17, 15) is 4.79 Å². The Hall–Kier alpha value is -1.44. The van der Waals surface area contributed by atoms with Crippen molar-refractivity contribution in [3.63, 3.8) is 0 Å². The smallest absolute Gasteiger partial charge is 0.274 e. The first kappa shape index (κ1) is 19.3. The molecule has 6 nitrogen and oxygen atoms in total. The molecule has 8 heteroatoms. The molecule has 142 valence electrons. The minimum Gasteiger partial charge on any atom is -0.337 e. The van der Waals surface area contributed by atoms with Crippen LogP contribution in [0.5, 0.6) is 0 Å². The number of thiazole rings is 1. The maximum atomic E-state index is 13.0. The SMILES string of the molecule is CC(C)c1csc(C2CCCN(C(=O)c3n[nH]c4c3CNCC4)C2)n1.Cl. The molecule has 0 spiro atoms. The summed E-state index contributed by atoms with van der Waals surface area (Å²) in [6, 6.07) is 0. The van der Waals surface area contributed by atoms with Crippen molar-refractivity contribution in [1.82, 2.24) is 25.4 Å². The van der Waals surface area contributed by atoms with Gasteiger partial charge in [0.25, 0.3) is 5.91 Å². The molecule has 2 aliphatic rings. The third-order valence-corrected chi connectivity index (χ3v) is 6.22. The number of halogens is 1. The van der Waals surface area contributed by atoms with Crippen molar-refractivity contribution in [2.24, 2.45) is 0 Å². The van der Waals surface area contributed by atoms with Gasteiger partial charge >= 0.3 is 0 Å². The lowest BCUT2D eigenvalue weighted by Gasteiger charge is -2.31. The highest BCUT2D eigenvalue weighted by atomic mass is 35.5. The van der Waals surface area contributed by atoms with E-state index in [1.807, 2.05) is 4.90 Å². The molecule has 4 rings (SSSR count). The second-order valence-electron chi connectivity index (χ2n) is 7.31. The summed E-state index contributed by atoms with van der Waals surface area (Å²) in [6.45, 7) is 7.57. The molecule has 2 aromatic heterocycles. The molecule has 2 N–H and O–H groups in total. The number of piperidine rings is 1. The first-order chi connectivity index (χ1) is 12.1. The molecular formula is C18H26ClN5OS. The zero-order chi connectivity index (χ0) is 17.4. The van der Waals surface area contributed by atoms with Gasteiger partial charge in [-0.2, -0.15) is 5.10 Å². The van der Waals surface area contributed by atoms with E-state index in [0.717, 1.165) is 62.4 Å². The number of carbonyl (C=O) groups excluding carboxylic acids is 1. The van der Waals surface area contributed by atoms with Gasteiger partial charge in [-0.25, -0.2) is 4.98 Å². The number of nitrogens with one attached hydrogen (secondary N) is 2. The molecule has 1 unspecified atom stereocenters. The molecule has 0 radical (unpaired) electrons. The Morgan fingerprint density at radius 3 is 3.04 bits per heavy atom. The van der Waals surface area contributed by atoms with E-state index < -0.39 is 0 Å². The number of nitrogens with zero attached hydrogens (tertiary/aromatic N) is 3. The van der Waals surface area contributed by atoms with Crippen LogP contribution in [0.15, 0.2) is 5.38 Å². The predicted octanol–water partition coefficient (Wildman–Crippen LogP) is 3.08. The molecule has 26 heavy (non-hydrogen) atoms. The van der Waals surface area contributed by atoms with Gasteiger partial charge in [0.05, 0.1) is 10.7 Å². The van der Waals surface area contributed by atoms with Crippen LogP contribution in [0, 0.1) is 0 Å². The van der Waals surface area contributed by atoms with Crippen molar-refractivity contribution < 1.29 is 4.79 Å². The minimum atomic E-state index is 0. The van der Waals surface area contributed by atoms with E-state index in [2.05, 4.69) is 34.7 Å². The molecule has 0 aliphatic carbocycles. The predicted molar refractivity (Wildman–Crippen MR) is 105 cm³/mol. The summed E-state index contributed by atoms with van der Waals surface area (Å²) in [6.07, 6.45) is 3.04. The number of rotatable bonds is 3. The van der Waals surface area contributed by atoms with E-state index in [0.29, 0.717) is 17.5 Å². The largest absolute Gasteiger partial charge is 0.337 e. The summed E-state index contributed by atoms with van der Waals surface area (Å²) in [5.74, 6) is 0.865. The Balaban J connectivity index is 0.00000196. The van der Waals surface area contributed by atoms with E-state index >= 15 is 0 Å². The lowest BCUT2D eigenvalue weighted by Crippen LogP contribution is -2.40. The fourth-order valence-electron chi connectivity index (χ4n) is 3.67. The third kappa shape index (κ3) is 3.66. The number of fused-ring (bicyclic) bond motifs is 1. The Kier molecular flexibility index (Phi) is 5.99. The van der Waals surface area contributed by atoms with Crippen molar-refractivity contribution in [3.8, 4) is 0 Å². The van der Waals surface area contributed by atoms with Gasteiger partial charge in [-0.1, -0.05) is 13.8 Å². The highest BCUT2D eigenvalue weighted by Crippen LogP contribution is 2.31. The number of hydrogen-bond acceptors (Lipinski definition) is 5. The van der Waals surface area contributed by atoms with Crippen molar-refractivity contribution >= 4 is 29.7 Å². The molecule has 4 heterocycles. The zero-order valence-electron chi connectivity index (χ0n) is 15.2. The minimum absolute atomic E-state index is 0. The van der Waals surface area contributed by atoms with Crippen molar-refractivity contribution in [2.45, 2.75) is 51.5 Å². The Morgan fingerprint density at radius 1 is 1.42 bits per heavy atom. The van der Waals surface area contributed by atoms with Crippen LogP contribution >= 0.6 is 23.7 Å². The fourth-order valence-corrected chi connectivity index (χ4v) is 4.78. The van der Waals surface area contributed by atoms with Crippen LogP contribution in [-0.2, 0) is 13.0 Å². The first-order valence-corrected chi connectivity index (χ1v) is 10.0. The number of aromatic amines is 1. The van der Waals surface area contributed by atoms with Crippen molar-refractivity contribution in [3.05, 3.63) is 33.0 Å². The van der Waals surface area contributed by atoms with E-state index in [1.165, 1.54) is 5.01 Å². The highest BCUT2D eigenvalue weighted by Gasteiger charge is 2.31. The standard InChI is InChI=1S/C18H25N5OS.ClH/c1-11(2)15-10-25-17(20-15)12-4-3-7-23(9-12)18(24)16-13-8-19-6-5-14(13)21-22-16;/h10-12,19H,3-9H2,1-2H3,(H,21,22);1H. The van der Waals surface area contributed by atoms with E-state index in [4.69, 9.17) is 4.98 Å². The lowest BCUT2D eigenvalue weighted by atomic mass is 9.97. The Bertz CT molecular complexity index is 771. The average molecular weight is 396 g/mol. The second-order valence-corrected chi connectivity index (χ2v) is 8.20. The third-order valence-electron chi connectivity index (χ3n) is 5.20. The molecule has 2 aromatic rings. The van der Waals surface area contributed by atoms with Crippen LogP contribution in [0.4, 0.5) is 0 Å². The van der Waals surface area contributed by atoms with Gasteiger partial charge < -0.3 is 10.2 Å². The monoisotopic (exact) mass is 395 g/mol. The maximum absolute atomic E-state index is 13.0. The number of aromatic nitrogens is 3. The fraction of sp³-hybridized carbons (Fsp3) is 0.611. The summed E-state index contributed by atoms with van der Waals surface area (Å²) in [5, 5.41) is 14.1. The van der Waals surface area contributed by atoms with E-state index in [-0.39, 0.29) is 18.3 Å². The van der Waals surface area contributed by atoms with Gasteiger partial charge in [-0.05, 0) is 18.8 Å². The quantitative estimate of drug-likeness (QED) is 0.837. The van der Waals surface area contributed by atoms with Crippen LogP contribution in [0.25, 0.3) is 0 Å². The van der Waals surface area contributed by atoms with Crippen LogP contribution < -0.4 is 5.32 Å². The first-order valence-electron chi connectivity index (χ1n) is 9.15. The average Bonchev–Trinajstić information content (AvgIpc) is 3.28. The lowest BCUT2D eigenvalue weighted by molar-refractivity contribution is 0.0699. The molecule has 1 saturated heterocycles. The summed E-state index contributed by atoms with van der Waals surface area (Å²) in [4.78, 5) is 19.8. The van der Waals surface area contributed by atoms with Gasteiger partial charge in [-0.3, -0.25) is 9.89 Å². The summed E-state index contributed by atoms with van der Waals surface area (Å²) < 4.78 is 0. The van der Waals surface area contributed by atoms with Gasteiger partial charge in [0, 0.05) is 55.2 Å². The normalized spacial score (nSPS) is 20.0. The summed E-state index contributed by atoms with van der Waals surface area (Å²) in [7, 11) is 0.